The fraction of sp³-hybridized carbons (Fsp3) is 0.533. The Balaban J connectivity index is 2.46. The van der Waals surface area contributed by atoms with Gasteiger partial charge in [0, 0.05) is 0 Å². The number of anilines is 1. The Kier molecular flexibility index (Phi) is 3.09. The number of methoxy groups -OCH3 is 1. The van der Waals surface area contributed by atoms with Crippen molar-refractivity contribution in [3.05, 3.63) is 23.8 Å². The van der Waals surface area contributed by atoms with Crippen molar-refractivity contribution < 1.29 is 9.53 Å². The quantitative estimate of drug-likeness (QED) is 0.869. The lowest BCUT2D eigenvalue weighted by Crippen LogP contribution is -2.28. The molecule has 1 heterocycles. The summed E-state index contributed by atoms with van der Waals surface area (Å²) in [7, 11) is 1.63. The fourth-order valence-electron chi connectivity index (χ4n) is 2.45. The number of nitrogens with one attached hydrogen (secondary N) is 1. The highest BCUT2D eigenvalue weighted by molar-refractivity contribution is 6.04. The maximum absolute atomic E-state index is 12.2. The monoisotopic (exact) mass is 247 g/mol. The van der Waals surface area contributed by atoms with Crippen molar-refractivity contribution in [1.29, 1.82) is 0 Å². The van der Waals surface area contributed by atoms with Crippen LogP contribution in [0.5, 0.6) is 5.75 Å². The van der Waals surface area contributed by atoms with E-state index in [-0.39, 0.29) is 23.2 Å². The molecule has 0 aliphatic carbocycles. The zero-order valence-corrected chi connectivity index (χ0v) is 11.7. The van der Waals surface area contributed by atoms with E-state index in [0.29, 0.717) is 0 Å². The third-order valence-corrected chi connectivity index (χ3v) is 4.01. The molecule has 3 heteroatoms. The van der Waals surface area contributed by atoms with Gasteiger partial charge in [-0.2, -0.15) is 0 Å². The zero-order valence-electron chi connectivity index (χ0n) is 11.7. The molecule has 0 spiro atoms. The molecule has 98 valence electrons. The molecule has 0 bridgehead atoms. The lowest BCUT2D eigenvalue weighted by atomic mass is 9.72. The Bertz CT molecular complexity index is 474. The van der Waals surface area contributed by atoms with Crippen LogP contribution in [0.25, 0.3) is 0 Å². The van der Waals surface area contributed by atoms with Crippen LogP contribution in [0, 0.1) is 11.3 Å². The number of benzene rings is 1. The molecule has 1 aromatic rings. The van der Waals surface area contributed by atoms with Crippen LogP contribution >= 0.6 is 0 Å². The number of fused-ring (bicyclic) bond motifs is 1. The Morgan fingerprint density at radius 3 is 2.56 bits per heavy atom. The van der Waals surface area contributed by atoms with Gasteiger partial charge in [0.25, 0.3) is 0 Å². The van der Waals surface area contributed by atoms with Gasteiger partial charge in [-0.05, 0) is 23.0 Å². The van der Waals surface area contributed by atoms with Crippen LogP contribution in [-0.4, -0.2) is 13.0 Å². The van der Waals surface area contributed by atoms with Crippen LogP contribution in [-0.2, 0) is 4.79 Å². The normalized spacial score (nSPS) is 20.3. The van der Waals surface area contributed by atoms with E-state index in [0.717, 1.165) is 17.0 Å². The first kappa shape index (κ1) is 12.9. The minimum absolute atomic E-state index is 0.0805. The lowest BCUT2D eigenvalue weighted by Gasteiger charge is -2.31. The van der Waals surface area contributed by atoms with Crippen molar-refractivity contribution in [3.63, 3.8) is 0 Å². The second-order valence-electron chi connectivity index (χ2n) is 6.05. The number of hydrogen-bond donors (Lipinski definition) is 1. The largest absolute Gasteiger partial charge is 0.495 e. The highest BCUT2D eigenvalue weighted by Gasteiger charge is 2.40. The average molecular weight is 247 g/mol. The second-order valence-corrected chi connectivity index (χ2v) is 6.05. The first-order chi connectivity index (χ1) is 8.36. The van der Waals surface area contributed by atoms with E-state index in [1.54, 1.807) is 7.11 Å². The van der Waals surface area contributed by atoms with E-state index >= 15 is 0 Å². The molecule has 2 atom stereocenters. The maximum Gasteiger partial charge on any atom is 0.232 e. The predicted molar refractivity (Wildman–Crippen MR) is 73.0 cm³/mol. The maximum atomic E-state index is 12.2. The van der Waals surface area contributed by atoms with Crippen molar-refractivity contribution in [2.45, 2.75) is 33.6 Å². The molecule has 2 rings (SSSR count). The van der Waals surface area contributed by atoms with Gasteiger partial charge in [0.15, 0.2) is 0 Å². The first-order valence-corrected chi connectivity index (χ1v) is 6.34. The van der Waals surface area contributed by atoms with Gasteiger partial charge in [0.1, 0.15) is 5.75 Å². The number of carbonyl (C=O) groups is 1. The molecule has 0 aromatic heterocycles. The van der Waals surface area contributed by atoms with Gasteiger partial charge in [-0.15, -0.1) is 0 Å². The third kappa shape index (κ3) is 1.98. The van der Waals surface area contributed by atoms with E-state index in [4.69, 9.17) is 4.74 Å². The van der Waals surface area contributed by atoms with E-state index < -0.39 is 0 Å². The molecule has 3 nitrogen and oxygen atoms in total. The number of hydrogen-bond acceptors (Lipinski definition) is 2. The first-order valence-electron chi connectivity index (χ1n) is 6.34. The molecule has 0 saturated heterocycles. The van der Waals surface area contributed by atoms with Crippen molar-refractivity contribution in [1.82, 2.24) is 0 Å². The summed E-state index contributed by atoms with van der Waals surface area (Å²) in [5, 5.41) is 2.96. The topological polar surface area (TPSA) is 38.3 Å². The number of rotatable bonds is 2. The minimum atomic E-state index is -0.0879. The van der Waals surface area contributed by atoms with Gasteiger partial charge in [0.2, 0.25) is 5.91 Å². The molecular formula is C15H21NO2. The molecule has 0 fully saturated rings. The summed E-state index contributed by atoms with van der Waals surface area (Å²) < 4.78 is 5.30. The fourth-order valence-corrected chi connectivity index (χ4v) is 2.45. The average Bonchev–Trinajstić information content (AvgIpc) is 2.62. The SMILES string of the molecule is COc1cccc2c1NC(=O)C2C(C)C(C)(C)C. The molecule has 1 aliphatic heterocycles. The summed E-state index contributed by atoms with van der Waals surface area (Å²) in [4.78, 5) is 12.2. The highest BCUT2D eigenvalue weighted by Crippen LogP contribution is 2.46. The number of para-hydroxylation sites is 1. The Hall–Kier alpha value is -1.51. The molecule has 0 saturated carbocycles. The number of amides is 1. The van der Waals surface area contributed by atoms with Crippen molar-refractivity contribution >= 4 is 11.6 Å². The highest BCUT2D eigenvalue weighted by atomic mass is 16.5. The van der Waals surface area contributed by atoms with E-state index in [9.17, 15) is 4.79 Å². The molecule has 1 N–H and O–H groups in total. The van der Waals surface area contributed by atoms with E-state index in [2.05, 4.69) is 33.0 Å². The van der Waals surface area contributed by atoms with E-state index in [1.165, 1.54) is 0 Å². The lowest BCUT2D eigenvalue weighted by molar-refractivity contribution is -0.118. The standard InChI is InChI=1S/C15H21NO2/c1-9(15(2,3)4)12-10-7-6-8-11(18-5)13(10)16-14(12)17/h6-9,12H,1-5H3,(H,16,17). The Morgan fingerprint density at radius 1 is 1.33 bits per heavy atom. The van der Waals surface area contributed by atoms with Crippen molar-refractivity contribution in [2.75, 3.05) is 12.4 Å². The third-order valence-electron chi connectivity index (χ3n) is 4.01. The minimum Gasteiger partial charge on any atom is -0.495 e. The van der Waals surface area contributed by atoms with Crippen molar-refractivity contribution in [3.8, 4) is 5.75 Å². The summed E-state index contributed by atoms with van der Waals surface area (Å²) in [5.74, 6) is 1.00. The molecule has 18 heavy (non-hydrogen) atoms. The van der Waals surface area contributed by atoms with Gasteiger partial charge in [0.05, 0.1) is 18.7 Å². The van der Waals surface area contributed by atoms with Crippen LogP contribution in [0.3, 0.4) is 0 Å². The Morgan fingerprint density at radius 2 is 2.00 bits per heavy atom. The van der Waals surface area contributed by atoms with Crippen LogP contribution in [0.2, 0.25) is 0 Å². The molecule has 1 amide bonds. The van der Waals surface area contributed by atoms with Crippen LogP contribution in [0.4, 0.5) is 5.69 Å². The molecule has 1 aromatic carbocycles. The summed E-state index contributed by atoms with van der Waals surface area (Å²) in [6.45, 7) is 8.65. The van der Waals surface area contributed by atoms with Gasteiger partial charge in [-0.25, -0.2) is 0 Å². The van der Waals surface area contributed by atoms with Crippen LogP contribution in [0.15, 0.2) is 18.2 Å². The summed E-state index contributed by atoms with van der Waals surface area (Å²) in [6, 6.07) is 5.84. The smallest absolute Gasteiger partial charge is 0.232 e. The zero-order chi connectivity index (χ0) is 13.5. The number of ether oxygens (including phenoxy) is 1. The number of carbonyl (C=O) groups excluding carboxylic acids is 1. The molecular weight excluding hydrogens is 226 g/mol. The summed E-state index contributed by atoms with van der Waals surface area (Å²) in [6.07, 6.45) is 0. The summed E-state index contributed by atoms with van der Waals surface area (Å²) in [5.41, 5.74) is 1.99. The van der Waals surface area contributed by atoms with Crippen molar-refractivity contribution in [2.24, 2.45) is 11.3 Å². The van der Waals surface area contributed by atoms with Crippen LogP contribution in [0.1, 0.15) is 39.2 Å². The van der Waals surface area contributed by atoms with E-state index in [1.807, 2.05) is 18.2 Å². The van der Waals surface area contributed by atoms with Gasteiger partial charge >= 0.3 is 0 Å². The predicted octanol–water partition coefficient (Wildman–Crippen LogP) is 3.41. The van der Waals surface area contributed by atoms with Crippen LogP contribution < -0.4 is 10.1 Å². The van der Waals surface area contributed by atoms with Gasteiger partial charge < -0.3 is 10.1 Å². The Labute approximate surface area is 109 Å². The second kappa shape index (κ2) is 4.30. The van der Waals surface area contributed by atoms with Gasteiger partial charge in [-0.1, -0.05) is 39.8 Å². The summed E-state index contributed by atoms with van der Waals surface area (Å²) >= 11 is 0. The van der Waals surface area contributed by atoms with Gasteiger partial charge in [-0.3, -0.25) is 4.79 Å². The molecule has 1 aliphatic rings. The molecule has 0 radical (unpaired) electrons. The molecule has 2 unspecified atom stereocenters.